The Bertz CT molecular complexity index is 1110. The van der Waals surface area contributed by atoms with Crippen molar-refractivity contribution in [2.75, 3.05) is 5.75 Å². The first kappa shape index (κ1) is 17.4. The summed E-state index contributed by atoms with van der Waals surface area (Å²) in [5, 5.41) is 10.1. The van der Waals surface area contributed by atoms with Crippen LogP contribution >= 0.6 is 24.0 Å². The highest BCUT2D eigenvalue weighted by atomic mass is 32.2. The second-order valence-corrected chi connectivity index (χ2v) is 7.01. The Labute approximate surface area is 152 Å². The standard InChI is InChI=1S/C16H16N4O3S2/c1-8-6-9(4-5-10(8)21)11(22)7-25-15-17-12-13(18-15)19(2)16(23)20(3)14(12)24/h4-6,21H,7H2,1-3H3,(H,17,18). The predicted molar refractivity (Wildman–Crippen MR) is 99.0 cm³/mol. The number of phenolic OH excluding ortho intramolecular Hbond substituents is 1. The minimum absolute atomic E-state index is 0.0772. The Morgan fingerprint density at radius 1 is 1.36 bits per heavy atom. The van der Waals surface area contributed by atoms with E-state index in [4.69, 9.17) is 12.2 Å². The van der Waals surface area contributed by atoms with Gasteiger partial charge >= 0.3 is 5.69 Å². The van der Waals surface area contributed by atoms with E-state index in [1.807, 2.05) is 0 Å². The summed E-state index contributed by atoms with van der Waals surface area (Å²) >= 11 is 6.51. The third kappa shape index (κ3) is 3.12. The Morgan fingerprint density at radius 3 is 2.76 bits per heavy atom. The summed E-state index contributed by atoms with van der Waals surface area (Å²) in [6.45, 7) is 1.74. The topological polar surface area (TPSA) is 92.9 Å². The van der Waals surface area contributed by atoms with Crippen LogP contribution in [0.3, 0.4) is 0 Å². The molecule has 9 heteroatoms. The minimum Gasteiger partial charge on any atom is -0.508 e. The molecule has 0 spiro atoms. The van der Waals surface area contributed by atoms with Gasteiger partial charge in [0.1, 0.15) is 15.9 Å². The van der Waals surface area contributed by atoms with Gasteiger partial charge in [-0.05, 0) is 30.7 Å². The van der Waals surface area contributed by atoms with Crippen LogP contribution in [0.15, 0.2) is 28.2 Å². The number of nitrogens with zero attached hydrogens (tertiary/aromatic N) is 3. The van der Waals surface area contributed by atoms with Gasteiger partial charge in [-0.3, -0.25) is 13.9 Å². The zero-order valence-corrected chi connectivity index (χ0v) is 15.5. The summed E-state index contributed by atoms with van der Waals surface area (Å²) in [5.74, 6) is 0.261. The summed E-state index contributed by atoms with van der Waals surface area (Å²) in [6.07, 6.45) is 0. The summed E-state index contributed by atoms with van der Waals surface area (Å²) in [7, 11) is 3.23. The quantitative estimate of drug-likeness (QED) is 0.412. The summed E-state index contributed by atoms with van der Waals surface area (Å²) in [5.41, 5.74) is 1.98. The Hall–Kier alpha value is -2.39. The monoisotopic (exact) mass is 376 g/mol. The molecule has 7 nitrogen and oxygen atoms in total. The maximum absolute atomic E-state index is 12.3. The summed E-state index contributed by atoms with van der Waals surface area (Å²) < 4.78 is 3.16. The van der Waals surface area contributed by atoms with Crippen LogP contribution in [-0.2, 0) is 14.1 Å². The number of aryl methyl sites for hydroxylation is 2. The third-order valence-electron chi connectivity index (χ3n) is 3.93. The van der Waals surface area contributed by atoms with Crippen molar-refractivity contribution in [3.05, 3.63) is 44.5 Å². The molecule has 0 amide bonds. The largest absolute Gasteiger partial charge is 0.508 e. The van der Waals surface area contributed by atoms with E-state index in [-0.39, 0.29) is 23.0 Å². The number of fused-ring (bicyclic) bond motifs is 1. The smallest absolute Gasteiger partial charge is 0.330 e. The first-order valence-electron chi connectivity index (χ1n) is 7.41. The number of hydrogen-bond donors (Lipinski definition) is 2. The van der Waals surface area contributed by atoms with E-state index in [2.05, 4.69) is 9.97 Å². The molecule has 3 aromatic rings. The van der Waals surface area contributed by atoms with Crippen LogP contribution in [0.1, 0.15) is 15.9 Å². The lowest BCUT2D eigenvalue weighted by Gasteiger charge is -2.03. The van der Waals surface area contributed by atoms with Crippen LogP contribution in [0, 0.1) is 11.6 Å². The Balaban J connectivity index is 1.86. The molecule has 25 heavy (non-hydrogen) atoms. The number of aromatic nitrogens is 4. The fourth-order valence-electron chi connectivity index (χ4n) is 2.42. The molecule has 3 rings (SSSR count). The number of benzene rings is 1. The van der Waals surface area contributed by atoms with Crippen molar-refractivity contribution in [3.63, 3.8) is 0 Å². The van der Waals surface area contributed by atoms with Gasteiger partial charge in [0.05, 0.1) is 5.75 Å². The first-order chi connectivity index (χ1) is 11.8. The number of hydrogen-bond acceptors (Lipinski definition) is 6. The van der Waals surface area contributed by atoms with E-state index in [0.717, 1.165) is 0 Å². The second-order valence-electron chi connectivity index (χ2n) is 5.66. The van der Waals surface area contributed by atoms with Crippen LogP contribution in [0.2, 0.25) is 0 Å². The molecule has 0 atom stereocenters. The van der Waals surface area contributed by atoms with Gasteiger partial charge in [0.2, 0.25) is 0 Å². The number of rotatable bonds is 4. The molecule has 2 aromatic heterocycles. The average Bonchev–Trinajstić information content (AvgIpc) is 3.03. The van der Waals surface area contributed by atoms with Gasteiger partial charge in [-0.25, -0.2) is 9.78 Å². The lowest BCUT2D eigenvalue weighted by molar-refractivity contribution is 0.102. The van der Waals surface area contributed by atoms with Crippen molar-refractivity contribution < 1.29 is 9.90 Å². The highest BCUT2D eigenvalue weighted by molar-refractivity contribution is 7.99. The van der Waals surface area contributed by atoms with Gasteiger partial charge in [-0.1, -0.05) is 24.0 Å². The molecule has 0 bridgehead atoms. The van der Waals surface area contributed by atoms with Crippen LogP contribution in [0.25, 0.3) is 11.2 Å². The number of phenols is 1. The van der Waals surface area contributed by atoms with Crippen LogP contribution in [0.5, 0.6) is 5.75 Å². The molecule has 0 radical (unpaired) electrons. The van der Waals surface area contributed by atoms with Crippen LogP contribution in [0.4, 0.5) is 0 Å². The number of nitrogens with one attached hydrogen (secondary N) is 1. The molecular formula is C16H16N4O3S2. The third-order valence-corrected chi connectivity index (χ3v) is 5.28. The first-order valence-corrected chi connectivity index (χ1v) is 8.80. The van der Waals surface area contributed by atoms with Crippen molar-refractivity contribution in [2.45, 2.75) is 12.1 Å². The molecule has 0 aliphatic carbocycles. The zero-order chi connectivity index (χ0) is 18.3. The molecule has 2 heterocycles. The molecular weight excluding hydrogens is 360 g/mol. The van der Waals surface area contributed by atoms with Crippen molar-refractivity contribution >= 4 is 40.9 Å². The molecule has 0 fully saturated rings. The van der Waals surface area contributed by atoms with Gasteiger partial charge in [-0.15, -0.1) is 0 Å². The van der Waals surface area contributed by atoms with Gasteiger partial charge in [0.25, 0.3) is 0 Å². The molecule has 0 saturated heterocycles. The lowest BCUT2D eigenvalue weighted by atomic mass is 10.1. The van der Waals surface area contributed by atoms with E-state index >= 15 is 0 Å². The molecule has 0 unspecified atom stereocenters. The van der Waals surface area contributed by atoms with Gasteiger partial charge in [0, 0.05) is 19.7 Å². The fourth-order valence-corrected chi connectivity index (χ4v) is 3.40. The number of ketones is 1. The van der Waals surface area contributed by atoms with Crippen molar-refractivity contribution in [1.29, 1.82) is 0 Å². The normalized spacial score (nSPS) is 11.2. The maximum Gasteiger partial charge on any atom is 0.330 e. The molecule has 2 N–H and O–H groups in total. The van der Waals surface area contributed by atoms with E-state index in [0.29, 0.717) is 32.1 Å². The highest BCUT2D eigenvalue weighted by Gasteiger charge is 2.14. The number of imidazole rings is 1. The number of thioether (sulfide) groups is 1. The second kappa shape index (κ2) is 6.49. The van der Waals surface area contributed by atoms with Crippen molar-refractivity contribution in [3.8, 4) is 5.75 Å². The number of H-pyrrole nitrogens is 1. The number of aromatic amines is 1. The Kier molecular flexibility index (Phi) is 4.53. The molecule has 0 saturated carbocycles. The van der Waals surface area contributed by atoms with Gasteiger partial charge in [0.15, 0.2) is 16.6 Å². The molecule has 0 aliphatic rings. The van der Waals surface area contributed by atoms with Crippen LogP contribution < -0.4 is 5.69 Å². The average molecular weight is 376 g/mol. The maximum atomic E-state index is 12.3. The molecule has 1 aromatic carbocycles. The molecule has 130 valence electrons. The van der Waals surface area contributed by atoms with E-state index in [1.165, 1.54) is 27.0 Å². The Morgan fingerprint density at radius 2 is 2.08 bits per heavy atom. The fraction of sp³-hybridized carbons (Fsp3) is 0.250. The molecule has 0 aliphatic heterocycles. The lowest BCUT2D eigenvalue weighted by Crippen LogP contribution is -2.27. The van der Waals surface area contributed by atoms with Crippen LogP contribution in [-0.4, -0.2) is 35.7 Å². The predicted octanol–water partition coefficient (Wildman–Crippen LogP) is 2.32. The van der Waals surface area contributed by atoms with E-state index < -0.39 is 0 Å². The number of carbonyl (C=O) groups is 1. The summed E-state index contributed by atoms with van der Waals surface area (Å²) in [4.78, 5) is 31.8. The summed E-state index contributed by atoms with van der Waals surface area (Å²) in [6, 6.07) is 4.75. The highest BCUT2D eigenvalue weighted by Crippen LogP contribution is 2.22. The van der Waals surface area contributed by atoms with Crippen molar-refractivity contribution in [2.24, 2.45) is 14.1 Å². The number of Topliss-reactive ketones (excluding diaryl/α,β-unsaturated/α-hetero) is 1. The minimum atomic E-state index is -0.254. The number of carbonyl (C=O) groups excluding carboxylic acids is 1. The zero-order valence-electron chi connectivity index (χ0n) is 13.9. The van der Waals surface area contributed by atoms with E-state index in [1.54, 1.807) is 33.2 Å². The number of aromatic hydroxyl groups is 1. The SMILES string of the molecule is Cc1cc(C(=O)CSc2nc3c([nH]2)c(=S)n(C)c(=O)n3C)ccc1O. The van der Waals surface area contributed by atoms with E-state index in [9.17, 15) is 14.7 Å². The van der Waals surface area contributed by atoms with Gasteiger partial charge < -0.3 is 10.1 Å². The van der Waals surface area contributed by atoms with Crippen molar-refractivity contribution in [1.82, 2.24) is 19.1 Å². The van der Waals surface area contributed by atoms with Gasteiger partial charge in [-0.2, -0.15) is 0 Å².